The molecule has 2 amide bonds. The second-order valence-electron chi connectivity index (χ2n) is 7.42. The van der Waals surface area contributed by atoms with Crippen LogP contribution >= 0.6 is 11.3 Å². The number of nitrogens with one attached hydrogen (secondary N) is 2. The van der Waals surface area contributed by atoms with Crippen LogP contribution < -0.4 is 10.6 Å². The highest BCUT2D eigenvalue weighted by atomic mass is 32.1. The highest BCUT2D eigenvalue weighted by Gasteiger charge is 2.10. The summed E-state index contributed by atoms with van der Waals surface area (Å²) in [6.07, 6.45) is 10.3. The number of fused-ring (bicyclic) bond motifs is 1. The van der Waals surface area contributed by atoms with Crippen molar-refractivity contribution < 1.29 is 4.79 Å². The first kappa shape index (κ1) is 18.7. The minimum Gasteiger partial charge on any atom is -0.315 e. The Morgan fingerprint density at radius 1 is 1.11 bits per heavy atom. The third kappa shape index (κ3) is 4.60. The van der Waals surface area contributed by atoms with Crippen molar-refractivity contribution in [2.75, 3.05) is 5.32 Å². The Kier molecular flexibility index (Phi) is 5.72. The van der Waals surface area contributed by atoms with Crippen LogP contribution in [0.15, 0.2) is 54.7 Å². The summed E-state index contributed by atoms with van der Waals surface area (Å²) in [7, 11) is 0. The van der Waals surface area contributed by atoms with Gasteiger partial charge in [0.1, 0.15) is 5.01 Å². The number of anilines is 1. The van der Waals surface area contributed by atoms with Crippen LogP contribution in [0.25, 0.3) is 20.8 Å². The van der Waals surface area contributed by atoms with Crippen molar-refractivity contribution in [1.29, 1.82) is 0 Å². The third-order valence-electron chi connectivity index (χ3n) is 5.17. The number of carbonyl (C=O) groups excluding carboxylic acids is 1. The van der Waals surface area contributed by atoms with E-state index in [1.165, 1.54) is 42.4 Å². The molecule has 0 bridgehead atoms. The van der Waals surface area contributed by atoms with Crippen molar-refractivity contribution in [3.05, 3.63) is 60.3 Å². The Labute approximate surface area is 169 Å². The first-order chi connectivity index (χ1) is 13.7. The largest absolute Gasteiger partial charge is 0.323 e. The van der Waals surface area contributed by atoms with E-state index in [0.717, 1.165) is 21.8 Å². The summed E-state index contributed by atoms with van der Waals surface area (Å²) < 4.78 is 1.20. The summed E-state index contributed by atoms with van der Waals surface area (Å²) in [6, 6.07) is 13.9. The van der Waals surface area contributed by atoms with E-state index < -0.39 is 0 Å². The standard InChI is InChI=1S/C23H25N3OS/c1-16-7-12-20-21(15-16)28-22(26-20)18-8-10-19(11-9-18)25-23(27)24-14-13-17-5-3-2-4-6-17/h7-15,17H,2-6H2,1H3,(H2,24,25,27)/b14-13+. The molecule has 5 heteroatoms. The number of carbonyl (C=O) groups is 1. The molecule has 2 aromatic carbocycles. The molecule has 0 aliphatic heterocycles. The molecule has 0 unspecified atom stereocenters. The normalized spacial score (nSPS) is 15.2. The van der Waals surface area contributed by atoms with Crippen molar-refractivity contribution in [3.63, 3.8) is 0 Å². The summed E-state index contributed by atoms with van der Waals surface area (Å²) in [5.41, 5.74) is 4.09. The molecule has 1 aliphatic rings. The zero-order chi connectivity index (χ0) is 19.3. The minimum absolute atomic E-state index is 0.213. The number of rotatable bonds is 4. The Bertz CT molecular complexity index is 985. The van der Waals surface area contributed by atoms with E-state index in [1.54, 1.807) is 17.5 Å². The third-order valence-corrected chi connectivity index (χ3v) is 6.23. The predicted molar refractivity (Wildman–Crippen MR) is 118 cm³/mol. The molecule has 28 heavy (non-hydrogen) atoms. The lowest BCUT2D eigenvalue weighted by Crippen LogP contribution is -2.24. The van der Waals surface area contributed by atoms with Gasteiger partial charge in [0.15, 0.2) is 0 Å². The summed E-state index contributed by atoms with van der Waals surface area (Å²) in [4.78, 5) is 16.8. The second kappa shape index (κ2) is 8.57. The molecule has 1 fully saturated rings. The number of nitrogens with zero attached hydrogens (tertiary/aromatic N) is 1. The summed E-state index contributed by atoms with van der Waals surface area (Å²) in [5.74, 6) is 0.603. The molecule has 1 aliphatic carbocycles. The number of amides is 2. The van der Waals surface area contributed by atoms with Gasteiger partial charge in [-0.3, -0.25) is 0 Å². The topological polar surface area (TPSA) is 54.0 Å². The van der Waals surface area contributed by atoms with Gasteiger partial charge in [0.2, 0.25) is 0 Å². The second-order valence-corrected chi connectivity index (χ2v) is 8.45. The Morgan fingerprint density at radius 2 is 1.89 bits per heavy atom. The molecule has 0 saturated heterocycles. The minimum atomic E-state index is -0.213. The SMILES string of the molecule is Cc1ccc2nc(-c3ccc(NC(=O)N/C=C/C4CCCCC4)cc3)sc2c1. The lowest BCUT2D eigenvalue weighted by molar-refractivity contribution is 0.255. The summed E-state index contributed by atoms with van der Waals surface area (Å²) in [6.45, 7) is 2.09. The molecule has 2 N–H and O–H groups in total. The number of thiazole rings is 1. The number of aromatic nitrogens is 1. The number of allylic oxidation sites excluding steroid dienone is 1. The average molecular weight is 392 g/mol. The Hall–Kier alpha value is -2.66. The van der Waals surface area contributed by atoms with E-state index in [-0.39, 0.29) is 6.03 Å². The maximum atomic E-state index is 12.1. The van der Waals surface area contributed by atoms with E-state index in [0.29, 0.717) is 5.92 Å². The fourth-order valence-electron chi connectivity index (χ4n) is 3.61. The van der Waals surface area contributed by atoms with E-state index in [9.17, 15) is 4.79 Å². The van der Waals surface area contributed by atoms with Gasteiger partial charge in [0, 0.05) is 17.5 Å². The van der Waals surface area contributed by atoms with Gasteiger partial charge in [-0.2, -0.15) is 0 Å². The summed E-state index contributed by atoms with van der Waals surface area (Å²) >= 11 is 1.69. The Balaban J connectivity index is 1.35. The van der Waals surface area contributed by atoms with Crippen LogP contribution in [-0.4, -0.2) is 11.0 Å². The Morgan fingerprint density at radius 3 is 2.68 bits per heavy atom. The number of urea groups is 1. The van der Waals surface area contributed by atoms with Crippen molar-refractivity contribution >= 4 is 33.3 Å². The fourth-order valence-corrected chi connectivity index (χ4v) is 4.67. The van der Waals surface area contributed by atoms with Crippen LogP contribution in [0, 0.1) is 12.8 Å². The van der Waals surface area contributed by atoms with Crippen LogP contribution in [0.5, 0.6) is 0 Å². The van der Waals surface area contributed by atoms with Gasteiger partial charge >= 0.3 is 6.03 Å². The maximum Gasteiger partial charge on any atom is 0.323 e. The zero-order valence-electron chi connectivity index (χ0n) is 16.1. The van der Waals surface area contributed by atoms with E-state index in [1.807, 2.05) is 24.3 Å². The van der Waals surface area contributed by atoms with Crippen LogP contribution in [0.3, 0.4) is 0 Å². The molecular weight excluding hydrogens is 366 g/mol. The first-order valence-electron chi connectivity index (χ1n) is 9.89. The number of hydrogen-bond donors (Lipinski definition) is 2. The molecular formula is C23H25N3OS. The number of hydrogen-bond acceptors (Lipinski definition) is 3. The van der Waals surface area contributed by atoms with Gasteiger partial charge in [-0.15, -0.1) is 11.3 Å². The van der Waals surface area contributed by atoms with Crippen molar-refractivity contribution in [1.82, 2.24) is 10.3 Å². The van der Waals surface area contributed by atoms with Crippen LogP contribution in [0.1, 0.15) is 37.7 Å². The van der Waals surface area contributed by atoms with Gasteiger partial charge in [-0.25, -0.2) is 9.78 Å². The lowest BCUT2D eigenvalue weighted by Gasteiger charge is -2.17. The van der Waals surface area contributed by atoms with E-state index in [2.05, 4.69) is 41.8 Å². The molecule has 4 nitrogen and oxygen atoms in total. The van der Waals surface area contributed by atoms with Crippen molar-refractivity contribution in [3.8, 4) is 10.6 Å². The molecule has 144 valence electrons. The van der Waals surface area contributed by atoms with Gasteiger partial charge in [0.25, 0.3) is 0 Å². The lowest BCUT2D eigenvalue weighted by atomic mass is 9.89. The average Bonchev–Trinajstić information content (AvgIpc) is 3.12. The van der Waals surface area contributed by atoms with Crippen LogP contribution in [-0.2, 0) is 0 Å². The van der Waals surface area contributed by atoms with Gasteiger partial charge in [0.05, 0.1) is 10.2 Å². The van der Waals surface area contributed by atoms with Gasteiger partial charge < -0.3 is 10.6 Å². The molecule has 3 aromatic rings. The number of benzene rings is 2. The highest BCUT2D eigenvalue weighted by Crippen LogP contribution is 2.31. The smallest absolute Gasteiger partial charge is 0.315 e. The molecule has 0 atom stereocenters. The molecule has 1 saturated carbocycles. The predicted octanol–water partition coefficient (Wildman–Crippen LogP) is 6.49. The fraction of sp³-hybridized carbons (Fsp3) is 0.304. The number of aryl methyl sites for hydroxylation is 1. The molecule has 1 aromatic heterocycles. The molecule has 4 rings (SSSR count). The zero-order valence-corrected chi connectivity index (χ0v) is 16.9. The van der Waals surface area contributed by atoms with E-state index >= 15 is 0 Å². The highest BCUT2D eigenvalue weighted by molar-refractivity contribution is 7.21. The molecule has 1 heterocycles. The van der Waals surface area contributed by atoms with Crippen molar-refractivity contribution in [2.45, 2.75) is 39.0 Å². The van der Waals surface area contributed by atoms with Crippen molar-refractivity contribution in [2.24, 2.45) is 5.92 Å². The van der Waals surface area contributed by atoms with Gasteiger partial charge in [-0.1, -0.05) is 31.4 Å². The van der Waals surface area contributed by atoms with Crippen LogP contribution in [0.4, 0.5) is 10.5 Å². The van der Waals surface area contributed by atoms with Gasteiger partial charge in [-0.05, 0) is 67.6 Å². The van der Waals surface area contributed by atoms with Crippen LogP contribution in [0.2, 0.25) is 0 Å². The molecule has 0 spiro atoms. The van der Waals surface area contributed by atoms with E-state index in [4.69, 9.17) is 4.98 Å². The first-order valence-corrected chi connectivity index (χ1v) is 10.7. The quantitative estimate of drug-likeness (QED) is 0.534. The molecule has 0 radical (unpaired) electrons. The maximum absolute atomic E-state index is 12.1. The summed E-state index contributed by atoms with van der Waals surface area (Å²) in [5, 5.41) is 6.67. The monoisotopic (exact) mass is 391 g/mol.